The third-order valence-corrected chi connectivity index (χ3v) is 7.17. The number of rotatable bonds is 9. The van der Waals surface area contributed by atoms with E-state index in [9.17, 15) is 9.59 Å². The Labute approximate surface area is 222 Å². The maximum Gasteiger partial charge on any atom is 0.255 e. The van der Waals surface area contributed by atoms with Crippen molar-refractivity contribution >= 4 is 35.0 Å². The van der Waals surface area contributed by atoms with Gasteiger partial charge in [0.15, 0.2) is 0 Å². The molecule has 1 unspecified atom stereocenters. The van der Waals surface area contributed by atoms with Crippen LogP contribution >= 0.6 is 11.8 Å². The lowest BCUT2D eigenvalue weighted by Gasteiger charge is -2.18. The molecule has 188 valence electrons. The predicted molar refractivity (Wildman–Crippen MR) is 152 cm³/mol. The van der Waals surface area contributed by atoms with E-state index in [1.165, 1.54) is 17.3 Å². The van der Waals surface area contributed by atoms with E-state index in [4.69, 9.17) is 4.74 Å². The highest BCUT2D eigenvalue weighted by atomic mass is 32.2. The lowest BCUT2D eigenvalue weighted by molar-refractivity contribution is -0.115. The van der Waals surface area contributed by atoms with Crippen LogP contribution in [0.4, 0.5) is 11.4 Å². The molecule has 1 atom stereocenters. The fraction of sp³-hybridized carbons (Fsp3) is 0.161. The molecule has 0 spiro atoms. The third-order valence-electron chi connectivity index (χ3n) is 5.90. The molecule has 37 heavy (non-hydrogen) atoms. The third kappa shape index (κ3) is 7.02. The van der Waals surface area contributed by atoms with Crippen molar-refractivity contribution in [3.05, 3.63) is 120 Å². The van der Waals surface area contributed by atoms with Gasteiger partial charge in [0, 0.05) is 21.8 Å². The van der Waals surface area contributed by atoms with Crippen molar-refractivity contribution in [2.45, 2.75) is 29.9 Å². The van der Waals surface area contributed by atoms with Gasteiger partial charge in [-0.25, -0.2) is 0 Å². The molecule has 0 bridgehead atoms. The highest BCUT2D eigenvalue weighted by Crippen LogP contribution is 2.37. The number of amides is 2. The first-order chi connectivity index (χ1) is 17.9. The molecular weight excluding hydrogens is 480 g/mol. The first kappa shape index (κ1) is 26.0. The molecule has 2 amide bonds. The summed E-state index contributed by atoms with van der Waals surface area (Å²) < 4.78 is 5.14. The SMILES string of the molecule is COc1ccc(C(=O)Nc2ccc(SC(C(=O)Nc3ccc(C(C)C)cc3)c3ccccc3)cc2)cc1. The minimum absolute atomic E-state index is 0.0922. The summed E-state index contributed by atoms with van der Waals surface area (Å²) in [6, 6.07) is 32.2. The highest BCUT2D eigenvalue weighted by molar-refractivity contribution is 8.00. The van der Waals surface area contributed by atoms with Crippen LogP contribution in [0.3, 0.4) is 0 Å². The Kier molecular flexibility index (Phi) is 8.64. The quantitative estimate of drug-likeness (QED) is 0.228. The number of ether oxygens (including phenoxy) is 1. The molecule has 0 aromatic heterocycles. The number of hydrogen-bond acceptors (Lipinski definition) is 4. The van der Waals surface area contributed by atoms with Crippen LogP contribution in [-0.2, 0) is 4.79 Å². The van der Waals surface area contributed by atoms with Crippen molar-refractivity contribution < 1.29 is 14.3 Å². The van der Waals surface area contributed by atoms with Crippen molar-refractivity contribution in [1.29, 1.82) is 0 Å². The van der Waals surface area contributed by atoms with Crippen LogP contribution in [-0.4, -0.2) is 18.9 Å². The molecule has 4 rings (SSSR count). The molecule has 0 saturated heterocycles. The zero-order chi connectivity index (χ0) is 26.2. The number of thioether (sulfide) groups is 1. The van der Waals surface area contributed by atoms with Gasteiger partial charge in [0.2, 0.25) is 5.91 Å². The van der Waals surface area contributed by atoms with Crippen LogP contribution in [0.15, 0.2) is 108 Å². The molecule has 0 radical (unpaired) electrons. The molecule has 0 aliphatic heterocycles. The number of benzene rings is 4. The molecule has 0 fully saturated rings. The largest absolute Gasteiger partial charge is 0.497 e. The molecule has 4 aromatic rings. The van der Waals surface area contributed by atoms with Gasteiger partial charge in [-0.05, 0) is 77.7 Å². The number of hydrogen-bond donors (Lipinski definition) is 2. The fourth-order valence-electron chi connectivity index (χ4n) is 3.76. The molecule has 4 aromatic carbocycles. The fourth-order valence-corrected chi connectivity index (χ4v) is 4.78. The van der Waals surface area contributed by atoms with Crippen molar-refractivity contribution in [2.75, 3.05) is 17.7 Å². The minimum Gasteiger partial charge on any atom is -0.497 e. The molecule has 0 aliphatic rings. The van der Waals surface area contributed by atoms with Crippen LogP contribution in [0.2, 0.25) is 0 Å². The summed E-state index contributed by atoms with van der Waals surface area (Å²) in [6.45, 7) is 4.29. The normalized spacial score (nSPS) is 11.6. The Bertz CT molecular complexity index is 1320. The van der Waals surface area contributed by atoms with Crippen molar-refractivity contribution in [1.82, 2.24) is 0 Å². The van der Waals surface area contributed by atoms with Gasteiger partial charge < -0.3 is 15.4 Å². The molecular formula is C31H30N2O3S. The van der Waals surface area contributed by atoms with Gasteiger partial charge in [-0.3, -0.25) is 9.59 Å². The second kappa shape index (κ2) is 12.3. The first-order valence-electron chi connectivity index (χ1n) is 12.1. The van der Waals surface area contributed by atoms with Crippen LogP contribution in [0, 0.1) is 0 Å². The Morgan fingerprint density at radius 2 is 1.30 bits per heavy atom. The number of carbonyl (C=O) groups is 2. The van der Waals surface area contributed by atoms with Gasteiger partial charge in [0.25, 0.3) is 5.91 Å². The van der Waals surface area contributed by atoms with Crippen molar-refractivity contribution in [3.63, 3.8) is 0 Å². The van der Waals surface area contributed by atoms with Gasteiger partial charge in [0.1, 0.15) is 11.0 Å². The van der Waals surface area contributed by atoms with Crippen molar-refractivity contribution in [3.8, 4) is 5.75 Å². The summed E-state index contributed by atoms with van der Waals surface area (Å²) in [4.78, 5) is 26.8. The summed E-state index contributed by atoms with van der Waals surface area (Å²) in [7, 11) is 1.59. The number of nitrogens with one attached hydrogen (secondary N) is 2. The summed E-state index contributed by atoms with van der Waals surface area (Å²) >= 11 is 1.47. The summed E-state index contributed by atoms with van der Waals surface area (Å²) in [5.41, 5.74) is 4.14. The van der Waals surface area contributed by atoms with E-state index >= 15 is 0 Å². The second-order valence-electron chi connectivity index (χ2n) is 8.88. The average molecular weight is 511 g/mol. The molecule has 2 N–H and O–H groups in total. The van der Waals surface area contributed by atoms with Gasteiger partial charge in [-0.1, -0.05) is 56.3 Å². The molecule has 0 saturated carbocycles. The molecule has 0 aliphatic carbocycles. The molecule has 6 heteroatoms. The van der Waals surface area contributed by atoms with E-state index in [0.717, 1.165) is 16.1 Å². The summed E-state index contributed by atoms with van der Waals surface area (Å²) in [5, 5.41) is 5.53. The van der Waals surface area contributed by atoms with Crippen LogP contribution in [0.1, 0.15) is 46.5 Å². The van der Waals surface area contributed by atoms with Crippen molar-refractivity contribution in [2.24, 2.45) is 0 Å². The molecule has 0 heterocycles. The highest BCUT2D eigenvalue weighted by Gasteiger charge is 2.22. The lowest BCUT2D eigenvalue weighted by atomic mass is 10.0. The Morgan fingerprint density at radius 3 is 1.89 bits per heavy atom. The second-order valence-corrected chi connectivity index (χ2v) is 10.1. The minimum atomic E-state index is -0.439. The number of methoxy groups -OCH3 is 1. The molecule has 5 nitrogen and oxygen atoms in total. The van der Waals surface area contributed by atoms with Crippen LogP contribution < -0.4 is 15.4 Å². The van der Waals surface area contributed by atoms with E-state index in [2.05, 4.69) is 24.5 Å². The van der Waals surface area contributed by atoms with Gasteiger partial charge >= 0.3 is 0 Å². The Balaban J connectivity index is 1.45. The number of anilines is 2. The standard InChI is InChI=1S/C31H30N2O3S/c1-21(2)22-9-13-25(14-10-22)33-31(35)29(23-7-5-4-6-8-23)37-28-19-15-26(16-20-28)32-30(34)24-11-17-27(36-3)18-12-24/h4-21,29H,1-3H3,(H,32,34)(H,33,35). The predicted octanol–water partition coefficient (Wildman–Crippen LogP) is 7.54. The van der Waals surface area contributed by atoms with Gasteiger partial charge in [0.05, 0.1) is 7.11 Å². The maximum atomic E-state index is 13.4. The van der Waals surface area contributed by atoms with E-state index in [1.807, 2.05) is 78.9 Å². The summed E-state index contributed by atoms with van der Waals surface area (Å²) in [5.74, 6) is 0.835. The lowest BCUT2D eigenvalue weighted by Crippen LogP contribution is -2.19. The summed E-state index contributed by atoms with van der Waals surface area (Å²) in [6.07, 6.45) is 0. The maximum absolute atomic E-state index is 13.4. The van der Waals surface area contributed by atoms with E-state index in [-0.39, 0.29) is 11.8 Å². The zero-order valence-corrected chi connectivity index (χ0v) is 21.9. The van der Waals surface area contributed by atoms with E-state index in [0.29, 0.717) is 22.9 Å². The topological polar surface area (TPSA) is 67.4 Å². The van der Waals surface area contributed by atoms with Gasteiger partial charge in [-0.2, -0.15) is 0 Å². The van der Waals surface area contributed by atoms with E-state index < -0.39 is 5.25 Å². The van der Waals surface area contributed by atoms with Gasteiger partial charge in [-0.15, -0.1) is 11.8 Å². The zero-order valence-electron chi connectivity index (χ0n) is 21.1. The first-order valence-corrected chi connectivity index (χ1v) is 13.0. The monoisotopic (exact) mass is 510 g/mol. The van der Waals surface area contributed by atoms with Crippen LogP contribution in [0.5, 0.6) is 5.75 Å². The van der Waals surface area contributed by atoms with E-state index in [1.54, 1.807) is 31.4 Å². The average Bonchev–Trinajstić information content (AvgIpc) is 2.93. The smallest absolute Gasteiger partial charge is 0.255 e. The Hall–Kier alpha value is -4.03. The number of carbonyl (C=O) groups excluding carboxylic acids is 2. The Morgan fingerprint density at radius 1 is 0.703 bits per heavy atom. The van der Waals surface area contributed by atoms with Crippen LogP contribution in [0.25, 0.3) is 0 Å².